The minimum Gasteiger partial charge on any atom is -0.477 e. The Labute approximate surface area is 113 Å². The monoisotopic (exact) mass is 263 g/mol. The van der Waals surface area contributed by atoms with E-state index in [1.54, 1.807) is 13.0 Å². The number of rotatable bonds is 3. The van der Waals surface area contributed by atoms with Crippen molar-refractivity contribution in [3.8, 4) is 5.88 Å². The number of carboxylic acids is 1. The van der Waals surface area contributed by atoms with Gasteiger partial charge >= 0.3 is 5.97 Å². The minimum absolute atomic E-state index is 0.0838. The second-order valence-electron chi connectivity index (χ2n) is 5.48. The van der Waals surface area contributed by atoms with Crippen LogP contribution in [-0.2, 0) is 0 Å². The van der Waals surface area contributed by atoms with E-state index in [2.05, 4.69) is 11.9 Å². The first-order valence-corrected chi connectivity index (χ1v) is 6.87. The van der Waals surface area contributed by atoms with Gasteiger partial charge in [-0.2, -0.15) is 0 Å². The van der Waals surface area contributed by atoms with Crippen molar-refractivity contribution in [3.63, 3.8) is 0 Å². The van der Waals surface area contributed by atoms with Crippen LogP contribution in [0.4, 0.5) is 0 Å². The van der Waals surface area contributed by atoms with Gasteiger partial charge < -0.3 is 9.84 Å². The summed E-state index contributed by atoms with van der Waals surface area (Å²) in [6.45, 7) is 5.80. The molecule has 1 aliphatic rings. The Kier molecular flexibility index (Phi) is 4.08. The van der Waals surface area contributed by atoms with Crippen LogP contribution in [0.3, 0.4) is 0 Å². The molecule has 1 fully saturated rings. The number of carboxylic acid groups (broad SMARTS) is 1. The summed E-state index contributed by atoms with van der Waals surface area (Å²) >= 11 is 0. The number of hydrogen-bond donors (Lipinski definition) is 1. The zero-order valence-corrected chi connectivity index (χ0v) is 11.8. The third-order valence-electron chi connectivity index (χ3n) is 3.82. The zero-order chi connectivity index (χ0) is 14.0. The Morgan fingerprint density at radius 3 is 2.68 bits per heavy atom. The lowest BCUT2D eigenvalue weighted by Gasteiger charge is -2.29. The highest BCUT2D eigenvalue weighted by Gasteiger charge is 2.26. The lowest BCUT2D eigenvalue weighted by atomic mass is 9.88. The second-order valence-corrected chi connectivity index (χ2v) is 5.48. The second kappa shape index (κ2) is 5.59. The topological polar surface area (TPSA) is 59.4 Å². The molecule has 1 aromatic heterocycles. The fraction of sp³-hybridized carbons (Fsp3) is 0.600. The number of aromatic carboxylic acids is 1. The molecule has 1 heterocycles. The minimum atomic E-state index is -0.969. The van der Waals surface area contributed by atoms with Crippen molar-refractivity contribution in [3.05, 3.63) is 22.9 Å². The number of carbonyl (C=O) groups is 1. The summed E-state index contributed by atoms with van der Waals surface area (Å²) in [5.41, 5.74) is 1.70. The van der Waals surface area contributed by atoms with Gasteiger partial charge in [0.2, 0.25) is 5.88 Å². The lowest BCUT2D eigenvalue weighted by molar-refractivity contribution is 0.0665. The van der Waals surface area contributed by atoms with Gasteiger partial charge in [-0.3, -0.25) is 0 Å². The summed E-state index contributed by atoms with van der Waals surface area (Å²) in [5.74, 6) is -0.231. The molecule has 2 unspecified atom stereocenters. The molecule has 0 bridgehead atoms. The average Bonchev–Trinajstić information content (AvgIpc) is 2.30. The van der Waals surface area contributed by atoms with Crippen LogP contribution in [0, 0.1) is 19.8 Å². The van der Waals surface area contributed by atoms with Crippen molar-refractivity contribution in [1.29, 1.82) is 0 Å². The van der Waals surface area contributed by atoms with Gasteiger partial charge in [0.15, 0.2) is 0 Å². The van der Waals surface area contributed by atoms with Crippen LogP contribution in [0.25, 0.3) is 0 Å². The van der Waals surface area contributed by atoms with Crippen LogP contribution in [0.2, 0.25) is 0 Å². The molecule has 104 valence electrons. The van der Waals surface area contributed by atoms with Gasteiger partial charge in [-0.1, -0.05) is 13.3 Å². The van der Waals surface area contributed by atoms with E-state index in [1.807, 2.05) is 6.92 Å². The number of aryl methyl sites for hydroxylation is 2. The first kappa shape index (κ1) is 13.8. The normalized spacial score (nSPS) is 23.1. The molecule has 0 amide bonds. The molecule has 1 saturated carbocycles. The van der Waals surface area contributed by atoms with Crippen molar-refractivity contribution in [2.75, 3.05) is 0 Å². The highest BCUT2D eigenvalue weighted by atomic mass is 16.5. The first-order valence-electron chi connectivity index (χ1n) is 6.87. The number of pyridine rings is 1. The Morgan fingerprint density at radius 1 is 1.37 bits per heavy atom. The molecule has 4 nitrogen and oxygen atoms in total. The summed E-state index contributed by atoms with van der Waals surface area (Å²) in [6.07, 6.45) is 4.57. The van der Waals surface area contributed by atoms with Crippen LogP contribution in [0.5, 0.6) is 5.88 Å². The van der Waals surface area contributed by atoms with Gasteiger partial charge in [0.25, 0.3) is 0 Å². The predicted molar refractivity (Wildman–Crippen MR) is 72.7 cm³/mol. The molecule has 0 spiro atoms. The van der Waals surface area contributed by atoms with E-state index in [0.29, 0.717) is 11.5 Å². The fourth-order valence-electron chi connectivity index (χ4n) is 2.75. The van der Waals surface area contributed by atoms with E-state index < -0.39 is 5.97 Å². The third kappa shape index (κ3) is 3.06. The van der Waals surface area contributed by atoms with E-state index in [9.17, 15) is 9.90 Å². The first-order chi connectivity index (χ1) is 8.99. The molecular formula is C15H21NO3. The van der Waals surface area contributed by atoms with Gasteiger partial charge in [0, 0.05) is 5.69 Å². The number of ether oxygens (including phenoxy) is 1. The predicted octanol–water partition coefficient (Wildman–Crippen LogP) is 3.35. The Hall–Kier alpha value is -1.58. The maximum absolute atomic E-state index is 11.4. The standard InChI is InChI=1S/C15H21NO3/c1-9-6-4-5-7-12(9)19-14-13(15(17)18)10(2)8-11(3)16-14/h8-9,12H,4-7H2,1-3H3,(H,17,18). The van der Waals surface area contributed by atoms with Crippen LogP contribution in [0.15, 0.2) is 6.07 Å². The highest BCUT2D eigenvalue weighted by Crippen LogP contribution is 2.30. The number of hydrogen-bond acceptors (Lipinski definition) is 3. The van der Waals surface area contributed by atoms with Crippen molar-refractivity contribution in [1.82, 2.24) is 4.98 Å². The molecule has 0 saturated heterocycles. The Morgan fingerprint density at radius 2 is 2.05 bits per heavy atom. The molecule has 1 N–H and O–H groups in total. The SMILES string of the molecule is Cc1cc(C)c(C(=O)O)c(OC2CCCCC2C)n1. The van der Waals surface area contributed by atoms with E-state index in [-0.39, 0.29) is 17.5 Å². The van der Waals surface area contributed by atoms with Crippen molar-refractivity contribution in [2.24, 2.45) is 5.92 Å². The van der Waals surface area contributed by atoms with Crippen LogP contribution in [-0.4, -0.2) is 22.2 Å². The van der Waals surface area contributed by atoms with Crippen molar-refractivity contribution >= 4 is 5.97 Å². The molecule has 2 rings (SSSR count). The molecule has 2 atom stereocenters. The largest absolute Gasteiger partial charge is 0.477 e. The molecule has 4 heteroatoms. The quantitative estimate of drug-likeness (QED) is 0.908. The summed E-state index contributed by atoms with van der Waals surface area (Å²) in [4.78, 5) is 15.6. The summed E-state index contributed by atoms with van der Waals surface area (Å²) < 4.78 is 5.93. The summed E-state index contributed by atoms with van der Waals surface area (Å²) in [6, 6.07) is 1.78. The summed E-state index contributed by atoms with van der Waals surface area (Å²) in [5, 5.41) is 9.31. The van der Waals surface area contributed by atoms with Crippen LogP contribution < -0.4 is 4.74 Å². The maximum Gasteiger partial charge on any atom is 0.341 e. The van der Waals surface area contributed by atoms with E-state index >= 15 is 0 Å². The average molecular weight is 263 g/mol. The van der Waals surface area contributed by atoms with E-state index in [0.717, 1.165) is 25.0 Å². The van der Waals surface area contributed by atoms with Crippen LogP contribution >= 0.6 is 0 Å². The van der Waals surface area contributed by atoms with Gasteiger partial charge in [-0.05, 0) is 50.7 Å². The molecular weight excluding hydrogens is 242 g/mol. The summed E-state index contributed by atoms with van der Waals surface area (Å²) in [7, 11) is 0. The van der Waals surface area contributed by atoms with E-state index in [1.165, 1.54) is 6.42 Å². The smallest absolute Gasteiger partial charge is 0.341 e. The molecule has 1 aromatic rings. The van der Waals surface area contributed by atoms with Gasteiger partial charge in [-0.15, -0.1) is 0 Å². The van der Waals surface area contributed by atoms with E-state index in [4.69, 9.17) is 4.74 Å². The lowest BCUT2D eigenvalue weighted by Crippen LogP contribution is -2.29. The molecule has 1 aliphatic carbocycles. The molecule has 0 radical (unpaired) electrons. The third-order valence-corrected chi connectivity index (χ3v) is 3.82. The van der Waals surface area contributed by atoms with Crippen molar-refractivity contribution in [2.45, 2.75) is 52.6 Å². The Bertz CT molecular complexity index is 485. The zero-order valence-electron chi connectivity index (χ0n) is 11.8. The Balaban J connectivity index is 2.30. The molecule has 19 heavy (non-hydrogen) atoms. The number of nitrogens with zero attached hydrogens (tertiary/aromatic N) is 1. The highest BCUT2D eigenvalue weighted by molar-refractivity contribution is 5.91. The van der Waals surface area contributed by atoms with Crippen LogP contribution in [0.1, 0.15) is 54.2 Å². The van der Waals surface area contributed by atoms with Gasteiger partial charge in [-0.25, -0.2) is 9.78 Å². The molecule has 0 aromatic carbocycles. The van der Waals surface area contributed by atoms with Gasteiger partial charge in [0.1, 0.15) is 11.7 Å². The maximum atomic E-state index is 11.4. The molecule has 0 aliphatic heterocycles. The van der Waals surface area contributed by atoms with Gasteiger partial charge in [0.05, 0.1) is 0 Å². The fourth-order valence-corrected chi connectivity index (χ4v) is 2.75. The number of aromatic nitrogens is 1. The van der Waals surface area contributed by atoms with Crippen molar-refractivity contribution < 1.29 is 14.6 Å².